The van der Waals surface area contributed by atoms with E-state index in [1.54, 1.807) is 29.8 Å². The molecule has 1 aromatic carbocycles. The number of anilines is 1. The van der Waals surface area contributed by atoms with Gasteiger partial charge in [-0.05, 0) is 61.0 Å². The Kier molecular flexibility index (Phi) is 6.21. The van der Waals surface area contributed by atoms with Crippen molar-refractivity contribution in [2.75, 3.05) is 37.6 Å². The quantitative estimate of drug-likeness (QED) is 0.375. The Morgan fingerprint density at radius 1 is 1.08 bits per heavy atom. The highest BCUT2D eigenvalue weighted by Crippen LogP contribution is 2.48. The molecule has 1 saturated carbocycles. The first kappa shape index (κ1) is 24.1. The number of benzene rings is 1. The van der Waals surface area contributed by atoms with Crippen LogP contribution in [0.2, 0.25) is 0 Å². The first-order chi connectivity index (χ1) is 17.9. The molecule has 192 valence electrons. The predicted octanol–water partition coefficient (Wildman–Crippen LogP) is 3.28. The van der Waals surface area contributed by atoms with Gasteiger partial charge in [-0.3, -0.25) is 4.79 Å². The van der Waals surface area contributed by atoms with Crippen LogP contribution >= 0.6 is 11.3 Å². The molecule has 6 rings (SSSR count). The highest BCUT2D eigenvalue weighted by molar-refractivity contribution is 7.89. The van der Waals surface area contributed by atoms with Gasteiger partial charge in [-0.15, -0.1) is 11.3 Å². The third-order valence-corrected chi connectivity index (χ3v) is 9.64. The fourth-order valence-corrected chi connectivity index (χ4v) is 6.76. The lowest BCUT2D eigenvalue weighted by Gasteiger charge is -2.25. The summed E-state index contributed by atoms with van der Waals surface area (Å²) >= 11 is 1.61. The maximum absolute atomic E-state index is 13.5. The van der Waals surface area contributed by atoms with Gasteiger partial charge in [0.1, 0.15) is 17.8 Å². The zero-order valence-electron chi connectivity index (χ0n) is 20.3. The zero-order chi connectivity index (χ0) is 25.5. The molecule has 4 aromatic rings. The van der Waals surface area contributed by atoms with Crippen LogP contribution in [0.25, 0.3) is 11.0 Å². The minimum atomic E-state index is -3.64. The second-order valence-corrected chi connectivity index (χ2v) is 12.6. The summed E-state index contributed by atoms with van der Waals surface area (Å²) in [6.07, 6.45) is 6.23. The summed E-state index contributed by atoms with van der Waals surface area (Å²) in [5.74, 6) is 0.824. The Bertz CT molecular complexity index is 1510. The van der Waals surface area contributed by atoms with Crippen molar-refractivity contribution in [2.24, 2.45) is 5.41 Å². The van der Waals surface area contributed by atoms with Crippen LogP contribution in [0.3, 0.4) is 0 Å². The number of rotatable bonds is 7. The summed E-state index contributed by atoms with van der Waals surface area (Å²) in [6.45, 7) is 3.11. The first-order valence-corrected chi connectivity index (χ1v) is 14.7. The first-order valence-electron chi connectivity index (χ1n) is 12.4. The van der Waals surface area contributed by atoms with Crippen LogP contribution in [-0.4, -0.2) is 66.9 Å². The van der Waals surface area contributed by atoms with Gasteiger partial charge in [0.05, 0.1) is 10.3 Å². The number of aromatic amines is 1. The molecule has 1 aliphatic heterocycles. The summed E-state index contributed by atoms with van der Waals surface area (Å²) in [4.78, 5) is 30.9. The summed E-state index contributed by atoms with van der Waals surface area (Å²) in [5, 5.41) is 2.96. The van der Waals surface area contributed by atoms with E-state index in [-0.39, 0.29) is 16.2 Å². The van der Waals surface area contributed by atoms with Crippen molar-refractivity contribution >= 4 is 44.1 Å². The Balaban J connectivity index is 1.14. The third-order valence-electron chi connectivity index (χ3n) is 7.22. The maximum atomic E-state index is 13.5. The van der Waals surface area contributed by atoms with Gasteiger partial charge in [0.25, 0.3) is 5.91 Å². The number of fused-ring (bicyclic) bond motifs is 1. The van der Waals surface area contributed by atoms with Crippen molar-refractivity contribution in [1.82, 2.24) is 24.6 Å². The van der Waals surface area contributed by atoms with Gasteiger partial charge >= 0.3 is 0 Å². The van der Waals surface area contributed by atoms with E-state index in [0.717, 1.165) is 41.1 Å². The van der Waals surface area contributed by atoms with Gasteiger partial charge in [0, 0.05) is 54.8 Å². The largest absolute Gasteiger partial charge is 0.354 e. The molecule has 3 aromatic heterocycles. The van der Waals surface area contributed by atoms with Crippen LogP contribution in [-0.2, 0) is 16.4 Å². The second-order valence-electron chi connectivity index (χ2n) is 9.84. The molecule has 37 heavy (non-hydrogen) atoms. The van der Waals surface area contributed by atoms with Gasteiger partial charge in [-0.25, -0.2) is 23.1 Å². The van der Waals surface area contributed by atoms with Crippen molar-refractivity contribution in [3.05, 3.63) is 70.8 Å². The van der Waals surface area contributed by atoms with E-state index in [1.807, 2.05) is 34.7 Å². The summed E-state index contributed by atoms with van der Waals surface area (Å²) in [5.41, 5.74) is 1.37. The van der Waals surface area contributed by atoms with Crippen LogP contribution in [0.4, 0.5) is 5.82 Å². The molecule has 2 fully saturated rings. The molecule has 0 bridgehead atoms. The number of nitrogens with zero attached hydrogens (tertiary/aromatic N) is 4. The van der Waals surface area contributed by atoms with Crippen LogP contribution in [0.15, 0.2) is 65.3 Å². The zero-order valence-corrected chi connectivity index (χ0v) is 21.9. The Morgan fingerprint density at radius 3 is 2.68 bits per heavy atom. The highest BCUT2D eigenvalue weighted by Gasteiger charge is 2.48. The number of aromatic nitrogens is 3. The standard InChI is InChI=1S/C26H28N6O3S2/c33-25(19-3-5-21(6-4-19)37(34,35)30-12-7-20-2-1-15-36-20)32-14-13-31(16-26(17-32)9-10-26)24-22-8-11-27-23(22)28-18-29-24/h1-6,8,11,15,18,30H,7,9-10,12-14,16-17H2,(H,27,28,29). The van der Waals surface area contributed by atoms with Crippen molar-refractivity contribution in [2.45, 2.75) is 24.2 Å². The molecule has 1 aliphatic carbocycles. The molecule has 0 radical (unpaired) electrons. The molecule has 1 spiro atoms. The smallest absolute Gasteiger partial charge is 0.253 e. The molecule has 4 heterocycles. The number of carbonyl (C=O) groups excluding carboxylic acids is 1. The van der Waals surface area contributed by atoms with E-state index in [0.29, 0.717) is 38.2 Å². The lowest BCUT2D eigenvalue weighted by molar-refractivity contribution is 0.0740. The number of nitrogens with one attached hydrogen (secondary N) is 2. The van der Waals surface area contributed by atoms with E-state index < -0.39 is 10.0 Å². The van der Waals surface area contributed by atoms with Crippen molar-refractivity contribution in [3.63, 3.8) is 0 Å². The molecule has 0 atom stereocenters. The molecule has 0 unspecified atom stereocenters. The predicted molar refractivity (Wildman–Crippen MR) is 143 cm³/mol. The van der Waals surface area contributed by atoms with Crippen LogP contribution < -0.4 is 9.62 Å². The van der Waals surface area contributed by atoms with E-state index in [2.05, 4.69) is 24.6 Å². The monoisotopic (exact) mass is 536 g/mol. The van der Waals surface area contributed by atoms with E-state index in [4.69, 9.17) is 0 Å². The SMILES string of the molecule is O=C(c1ccc(S(=O)(=O)NCCc2cccs2)cc1)N1CCN(c2ncnc3[nH]ccc23)CC2(CC2)C1. The van der Waals surface area contributed by atoms with Gasteiger partial charge in [0.15, 0.2) is 0 Å². The van der Waals surface area contributed by atoms with E-state index in [1.165, 1.54) is 12.1 Å². The van der Waals surface area contributed by atoms with Gasteiger partial charge in [-0.1, -0.05) is 6.07 Å². The van der Waals surface area contributed by atoms with Crippen LogP contribution in [0.1, 0.15) is 28.1 Å². The molecule has 11 heteroatoms. The lowest BCUT2D eigenvalue weighted by Crippen LogP contribution is -2.36. The Hall–Kier alpha value is -3.28. The van der Waals surface area contributed by atoms with E-state index >= 15 is 0 Å². The normalized spacial score (nSPS) is 17.3. The summed E-state index contributed by atoms with van der Waals surface area (Å²) < 4.78 is 28.1. The van der Waals surface area contributed by atoms with Gasteiger partial charge in [0.2, 0.25) is 10.0 Å². The fourth-order valence-electron chi connectivity index (χ4n) is 5.02. The number of hydrogen-bond acceptors (Lipinski definition) is 7. The van der Waals surface area contributed by atoms with Crippen LogP contribution in [0, 0.1) is 5.41 Å². The lowest BCUT2D eigenvalue weighted by atomic mass is 10.1. The minimum absolute atomic E-state index is 0.0650. The van der Waals surface area contributed by atoms with Crippen molar-refractivity contribution in [3.8, 4) is 0 Å². The number of H-pyrrole nitrogens is 1. The second kappa shape index (κ2) is 9.55. The number of amides is 1. The topological polar surface area (TPSA) is 111 Å². The summed E-state index contributed by atoms with van der Waals surface area (Å²) in [7, 11) is -3.64. The molecule has 2 N–H and O–H groups in total. The average molecular weight is 537 g/mol. The average Bonchev–Trinajstić information content (AvgIpc) is 3.26. The maximum Gasteiger partial charge on any atom is 0.253 e. The number of sulfonamides is 1. The van der Waals surface area contributed by atoms with Gasteiger partial charge in [-0.2, -0.15) is 0 Å². The molecule has 9 nitrogen and oxygen atoms in total. The fraction of sp³-hybridized carbons (Fsp3) is 0.346. The van der Waals surface area contributed by atoms with Crippen LogP contribution in [0.5, 0.6) is 0 Å². The van der Waals surface area contributed by atoms with Crippen molar-refractivity contribution in [1.29, 1.82) is 0 Å². The number of thiophene rings is 1. The number of hydrogen-bond donors (Lipinski definition) is 2. The Morgan fingerprint density at radius 2 is 1.92 bits per heavy atom. The molecule has 2 aliphatic rings. The number of carbonyl (C=O) groups is 1. The molecular weight excluding hydrogens is 508 g/mol. The van der Waals surface area contributed by atoms with Crippen molar-refractivity contribution < 1.29 is 13.2 Å². The Labute approximate surface area is 219 Å². The van der Waals surface area contributed by atoms with Gasteiger partial charge < -0.3 is 14.8 Å². The highest BCUT2D eigenvalue weighted by atomic mass is 32.2. The third kappa shape index (κ3) is 4.98. The molecule has 1 amide bonds. The summed E-state index contributed by atoms with van der Waals surface area (Å²) in [6, 6.07) is 12.2. The molecular formula is C26H28N6O3S2. The van der Waals surface area contributed by atoms with E-state index in [9.17, 15) is 13.2 Å². The molecule has 1 saturated heterocycles. The minimum Gasteiger partial charge on any atom is -0.354 e.